The van der Waals surface area contributed by atoms with E-state index in [0.717, 1.165) is 0 Å². The van der Waals surface area contributed by atoms with E-state index in [4.69, 9.17) is 0 Å². The van der Waals surface area contributed by atoms with Gasteiger partial charge in [-0.15, -0.1) is 24.8 Å². The highest BCUT2D eigenvalue weighted by atomic mass is 35.5. The Bertz CT molecular complexity index is 188. The Hall–Kier alpha value is 0.240. The van der Waals surface area contributed by atoms with Crippen LogP contribution in [0, 0.1) is 0 Å². The SMILES string of the molecule is C(=C\CN1CCCCC1)/CN1CCCCC1.Cl.Cl. The summed E-state index contributed by atoms with van der Waals surface area (Å²) in [5.41, 5.74) is 0. The van der Waals surface area contributed by atoms with E-state index < -0.39 is 0 Å². The van der Waals surface area contributed by atoms with Gasteiger partial charge in [0, 0.05) is 13.1 Å². The lowest BCUT2D eigenvalue weighted by Crippen LogP contribution is -2.31. The van der Waals surface area contributed by atoms with Gasteiger partial charge in [-0.25, -0.2) is 0 Å². The van der Waals surface area contributed by atoms with E-state index in [2.05, 4.69) is 22.0 Å². The number of likely N-dealkylation sites (tertiary alicyclic amines) is 2. The molecule has 0 saturated carbocycles. The molecule has 0 aliphatic carbocycles. The summed E-state index contributed by atoms with van der Waals surface area (Å²) in [6.45, 7) is 7.60. The summed E-state index contributed by atoms with van der Waals surface area (Å²) >= 11 is 0. The second-order valence-corrected chi connectivity index (χ2v) is 5.19. The van der Waals surface area contributed by atoms with Crippen molar-refractivity contribution in [2.24, 2.45) is 0 Å². The van der Waals surface area contributed by atoms with Gasteiger partial charge in [0.15, 0.2) is 0 Å². The molecule has 2 saturated heterocycles. The van der Waals surface area contributed by atoms with Gasteiger partial charge in [-0.2, -0.15) is 0 Å². The standard InChI is InChI=1S/C14H26N2.2ClH/c1-3-9-15(10-4-1)13-7-8-14-16-11-5-2-6-12-16;;/h7-8H,1-6,9-14H2;2*1H/b8-7+;;. The minimum absolute atomic E-state index is 0. The Labute approximate surface area is 125 Å². The van der Waals surface area contributed by atoms with Crippen LogP contribution in [0.5, 0.6) is 0 Å². The summed E-state index contributed by atoms with van der Waals surface area (Å²) in [6, 6.07) is 0. The zero-order valence-corrected chi connectivity index (χ0v) is 13.0. The topological polar surface area (TPSA) is 6.48 Å². The minimum Gasteiger partial charge on any atom is -0.300 e. The molecule has 2 heterocycles. The largest absolute Gasteiger partial charge is 0.300 e. The van der Waals surface area contributed by atoms with Crippen LogP contribution in [-0.4, -0.2) is 49.1 Å². The monoisotopic (exact) mass is 294 g/mol. The molecule has 0 spiro atoms. The van der Waals surface area contributed by atoms with Gasteiger partial charge in [0.25, 0.3) is 0 Å². The summed E-state index contributed by atoms with van der Waals surface area (Å²) in [5.74, 6) is 0. The average molecular weight is 295 g/mol. The Morgan fingerprint density at radius 2 is 0.889 bits per heavy atom. The Kier molecular flexibility index (Phi) is 11.2. The van der Waals surface area contributed by atoms with Crippen molar-refractivity contribution in [3.8, 4) is 0 Å². The van der Waals surface area contributed by atoms with Crippen LogP contribution in [0.2, 0.25) is 0 Å². The molecule has 2 aliphatic heterocycles. The molecule has 0 aromatic heterocycles. The number of piperidine rings is 2. The van der Waals surface area contributed by atoms with Crippen molar-refractivity contribution >= 4 is 24.8 Å². The van der Waals surface area contributed by atoms with Crippen LogP contribution in [0.3, 0.4) is 0 Å². The van der Waals surface area contributed by atoms with Crippen molar-refractivity contribution in [1.29, 1.82) is 0 Å². The fraction of sp³-hybridized carbons (Fsp3) is 0.857. The summed E-state index contributed by atoms with van der Waals surface area (Å²) < 4.78 is 0. The molecule has 2 fully saturated rings. The highest BCUT2D eigenvalue weighted by Gasteiger charge is 2.09. The van der Waals surface area contributed by atoms with Gasteiger partial charge in [-0.05, 0) is 51.9 Å². The Morgan fingerprint density at radius 1 is 0.556 bits per heavy atom. The zero-order chi connectivity index (χ0) is 11.1. The highest BCUT2D eigenvalue weighted by molar-refractivity contribution is 5.85. The van der Waals surface area contributed by atoms with Gasteiger partial charge in [0.05, 0.1) is 0 Å². The van der Waals surface area contributed by atoms with Crippen molar-refractivity contribution < 1.29 is 0 Å². The minimum atomic E-state index is 0. The molecular weight excluding hydrogens is 267 g/mol. The van der Waals surface area contributed by atoms with Crippen molar-refractivity contribution in [3.63, 3.8) is 0 Å². The zero-order valence-electron chi connectivity index (χ0n) is 11.4. The summed E-state index contributed by atoms with van der Waals surface area (Å²) in [6.07, 6.45) is 13.2. The summed E-state index contributed by atoms with van der Waals surface area (Å²) in [4.78, 5) is 5.16. The molecule has 0 unspecified atom stereocenters. The van der Waals surface area contributed by atoms with Crippen molar-refractivity contribution in [2.75, 3.05) is 39.3 Å². The molecule has 0 atom stereocenters. The average Bonchev–Trinajstić information content (AvgIpc) is 2.37. The normalized spacial score (nSPS) is 22.4. The quantitative estimate of drug-likeness (QED) is 0.734. The van der Waals surface area contributed by atoms with Crippen LogP contribution in [0.4, 0.5) is 0 Å². The third kappa shape index (κ3) is 6.98. The van der Waals surface area contributed by atoms with Gasteiger partial charge in [-0.3, -0.25) is 9.80 Å². The molecule has 2 rings (SSSR count). The molecule has 2 aliphatic rings. The summed E-state index contributed by atoms with van der Waals surface area (Å²) in [7, 11) is 0. The maximum absolute atomic E-state index is 2.58. The predicted molar refractivity (Wildman–Crippen MR) is 84.2 cm³/mol. The molecular formula is C14H28Cl2N2. The number of halogens is 2. The number of nitrogens with zero attached hydrogens (tertiary/aromatic N) is 2. The lowest BCUT2D eigenvalue weighted by atomic mass is 10.1. The maximum atomic E-state index is 2.58. The first-order chi connectivity index (χ1) is 7.95. The second-order valence-electron chi connectivity index (χ2n) is 5.19. The van der Waals surface area contributed by atoms with Gasteiger partial charge in [0.1, 0.15) is 0 Å². The third-order valence-corrected chi connectivity index (χ3v) is 3.79. The van der Waals surface area contributed by atoms with E-state index in [9.17, 15) is 0 Å². The van der Waals surface area contributed by atoms with Crippen LogP contribution in [0.15, 0.2) is 12.2 Å². The number of rotatable bonds is 4. The van der Waals surface area contributed by atoms with Gasteiger partial charge >= 0.3 is 0 Å². The van der Waals surface area contributed by atoms with E-state index in [0.29, 0.717) is 0 Å². The fourth-order valence-electron chi connectivity index (χ4n) is 2.73. The van der Waals surface area contributed by atoms with E-state index in [1.165, 1.54) is 77.8 Å². The van der Waals surface area contributed by atoms with E-state index >= 15 is 0 Å². The van der Waals surface area contributed by atoms with Crippen LogP contribution in [-0.2, 0) is 0 Å². The Balaban J connectivity index is 0.00000144. The molecule has 108 valence electrons. The molecule has 2 nitrogen and oxygen atoms in total. The first kappa shape index (κ1) is 18.2. The van der Waals surface area contributed by atoms with Gasteiger partial charge < -0.3 is 0 Å². The molecule has 0 amide bonds. The first-order valence-electron chi connectivity index (χ1n) is 7.05. The van der Waals surface area contributed by atoms with E-state index in [-0.39, 0.29) is 24.8 Å². The molecule has 0 N–H and O–H groups in total. The molecule has 18 heavy (non-hydrogen) atoms. The first-order valence-corrected chi connectivity index (χ1v) is 7.05. The van der Waals surface area contributed by atoms with Gasteiger partial charge in [-0.1, -0.05) is 25.0 Å². The van der Waals surface area contributed by atoms with Crippen LogP contribution in [0.25, 0.3) is 0 Å². The fourth-order valence-corrected chi connectivity index (χ4v) is 2.73. The summed E-state index contributed by atoms with van der Waals surface area (Å²) in [5, 5.41) is 0. The van der Waals surface area contributed by atoms with Gasteiger partial charge in [0.2, 0.25) is 0 Å². The molecule has 0 bridgehead atoms. The van der Waals surface area contributed by atoms with Crippen LogP contribution in [0.1, 0.15) is 38.5 Å². The number of hydrogen-bond donors (Lipinski definition) is 0. The van der Waals surface area contributed by atoms with Crippen molar-refractivity contribution in [2.45, 2.75) is 38.5 Å². The Morgan fingerprint density at radius 3 is 1.22 bits per heavy atom. The van der Waals surface area contributed by atoms with Crippen LogP contribution < -0.4 is 0 Å². The maximum Gasteiger partial charge on any atom is 0.0163 e. The lowest BCUT2D eigenvalue weighted by Gasteiger charge is -2.26. The number of hydrogen-bond acceptors (Lipinski definition) is 2. The van der Waals surface area contributed by atoms with Crippen molar-refractivity contribution in [1.82, 2.24) is 9.80 Å². The highest BCUT2D eigenvalue weighted by Crippen LogP contribution is 2.09. The molecule has 0 aromatic rings. The molecule has 0 radical (unpaired) electrons. The van der Waals surface area contributed by atoms with E-state index in [1.807, 2.05) is 0 Å². The van der Waals surface area contributed by atoms with Crippen molar-refractivity contribution in [3.05, 3.63) is 12.2 Å². The predicted octanol–water partition coefficient (Wildman–Crippen LogP) is 3.36. The van der Waals surface area contributed by atoms with E-state index in [1.54, 1.807) is 0 Å². The molecule has 0 aromatic carbocycles. The second kappa shape index (κ2) is 11.1. The third-order valence-electron chi connectivity index (χ3n) is 3.79. The lowest BCUT2D eigenvalue weighted by molar-refractivity contribution is 0.245. The smallest absolute Gasteiger partial charge is 0.0163 e. The molecule has 4 heteroatoms. The van der Waals surface area contributed by atoms with Crippen LogP contribution >= 0.6 is 24.8 Å².